The molecular weight excluding hydrogens is 384 g/mol. The van der Waals surface area contributed by atoms with Crippen molar-refractivity contribution in [1.29, 1.82) is 0 Å². The first-order valence-electron chi connectivity index (χ1n) is 9.90. The molecule has 0 saturated heterocycles. The Labute approximate surface area is 175 Å². The third-order valence-corrected chi connectivity index (χ3v) is 4.92. The standard InChI is InChI=1S/C25H25F2NO2/c1-18-4-2-6-21(12-18)16-28(11-10-25(29)30)17-22-7-3-5-19(14-22)13-20-8-9-23(26)24(27)15-20/h2-9,12,14-15H,10-11,13,16-17H2,1H3,(H,29,30). The minimum absolute atomic E-state index is 0.0698. The van der Waals surface area contributed by atoms with E-state index in [1.165, 1.54) is 11.6 Å². The first-order valence-corrected chi connectivity index (χ1v) is 9.90. The van der Waals surface area contributed by atoms with Crippen LogP contribution in [0.2, 0.25) is 0 Å². The summed E-state index contributed by atoms with van der Waals surface area (Å²) < 4.78 is 26.6. The van der Waals surface area contributed by atoms with Crippen LogP contribution in [-0.4, -0.2) is 22.5 Å². The predicted molar refractivity (Wildman–Crippen MR) is 113 cm³/mol. The Morgan fingerprint density at radius 3 is 2.13 bits per heavy atom. The number of rotatable bonds is 9. The zero-order valence-corrected chi connectivity index (χ0v) is 16.9. The van der Waals surface area contributed by atoms with Crippen molar-refractivity contribution in [1.82, 2.24) is 4.90 Å². The van der Waals surface area contributed by atoms with Crippen LogP contribution in [0.25, 0.3) is 0 Å². The second-order valence-corrected chi connectivity index (χ2v) is 7.59. The maximum Gasteiger partial charge on any atom is 0.304 e. The van der Waals surface area contributed by atoms with E-state index in [0.717, 1.165) is 22.8 Å². The lowest BCUT2D eigenvalue weighted by Gasteiger charge is -2.22. The van der Waals surface area contributed by atoms with E-state index < -0.39 is 17.6 Å². The average molecular weight is 409 g/mol. The van der Waals surface area contributed by atoms with Crippen LogP contribution in [-0.2, 0) is 24.3 Å². The molecule has 0 aliphatic carbocycles. The van der Waals surface area contributed by atoms with Crippen molar-refractivity contribution >= 4 is 5.97 Å². The van der Waals surface area contributed by atoms with E-state index in [-0.39, 0.29) is 6.42 Å². The Morgan fingerprint density at radius 1 is 0.833 bits per heavy atom. The molecule has 30 heavy (non-hydrogen) atoms. The number of hydrogen-bond acceptors (Lipinski definition) is 2. The van der Waals surface area contributed by atoms with Gasteiger partial charge in [0.1, 0.15) is 0 Å². The normalized spacial score (nSPS) is 11.1. The minimum atomic E-state index is -0.849. The quantitative estimate of drug-likeness (QED) is 0.519. The third-order valence-electron chi connectivity index (χ3n) is 4.92. The van der Waals surface area contributed by atoms with Gasteiger partial charge in [0.2, 0.25) is 0 Å². The third kappa shape index (κ3) is 6.49. The second kappa shape index (κ2) is 10.1. The summed E-state index contributed by atoms with van der Waals surface area (Å²) in [5, 5.41) is 9.10. The Bertz CT molecular complexity index is 1020. The van der Waals surface area contributed by atoms with Crippen molar-refractivity contribution in [2.75, 3.05) is 6.54 Å². The molecule has 0 unspecified atom stereocenters. The summed E-state index contributed by atoms with van der Waals surface area (Å²) in [7, 11) is 0. The Balaban J connectivity index is 1.73. The molecule has 0 spiro atoms. The van der Waals surface area contributed by atoms with Crippen LogP contribution in [0, 0.1) is 18.6 Å². The van der Waals surface area contributed by atoms with Gasteiger partial charge in [-0.3, -0.25) is 9.69 Å². The van der Waals surface area contributed by atoms with Crippen LogP contribution in [0.3, 0.4) is 0 Å². The van der Waals surface area contributed by atoms with Crippen molar-refractivity contribution in [3.8, 4) is 0 Å². The van der Waals surface area contributed by atoms with E-state index >= 15 is 0 Å². The largest absolute Gasteiger partial charge is 0.481 e. The summed E-state index contributed by atoms with van der Waals surface area (Å²) in [6.45, 7) is 3.73. The molecule has 3 rings (SSSR count). The molecule has 0 saturated carbocycles. The number of hydrogen-bond donors (Lipinski definition) is 1. The van der Waals surface area contributed by atoms with Gasteiger partial charge in [-0.1, -0.05) is 60.2 Å². The van der Waals surface area contributed by atoms with Crippen LogP contribution in [0.15, 0.2) is 66.7 Å². The maximum absolute atomic E-state index is 13.5. The van der Waals surface area contributed by atoms with Crippen LogP contribution in [0.5, 0.6) is 0 Å². The molecule has 156 valence electrons. The number of halogens is 2. The van der Waals surface area contributed by atoms with Gasteiger partial charge in [0, 0.05) is 19.6 Å². The summed E-state index contributed by atoms with van der Waals surface area (Å²) in [5.74, 6) is -2.52. The van der Waals surface area contributed by atoms with Crippen LogP contribution in [0.1, 0.15) is 34.2 Å². The number of aryl methyl sites for hydroxylation is 1. The van der Waals surface area contributed by atoms with Crippen LogP contribution < -0.4 is 0 Å². The molecule has 0 aromatic heterocycles. The smallest absolute Gasteiger partial charge is 0.304 e. The van der Waals surface area contributed by atoms with Crippen molar-refractivity contribution < 1.29 is 18.7 Å². The lowest BCUT2D eigenvalue weighted by molar-refractivity contribution is -0.137. The van der Waals surface area contributed by atoms with Gasteiger partial charge in [0.15, 0.2) is 11.6 Å². The van der Waals surface area contributed by atoms with E-state index in [4.69, 9.17) is 5.11 Å². The molecule has 0 aliphatic rings. The van der Waals surface area contributed by atoms with Crippen molar-refractivity contribution in [2.45, 2.75) is 32.9 Å². The van der Waals surface area contributed by atoms with Gasteiger partial charge in [0.25, 0.3) is 0 Å². The lowest BCUT2D eigenvalue weighted by Crippen LogP contribution is -2.25. The Hall–Kier alpha value is -3.05. The van der Waals surface area contributed by atoms with Gasteiger partial charge in [0.05, 0.1) is 6.42 Å². The van der Waals surface area contributed by atoms with Crippen molar-refractivity contribution in [3.05, 3.63) is 106 Å². The van der Waals surface area contributed by atoms with Gasteiger partial charge in [-0.2, -0.15) is 0 Å². The summed E-state index contributed by atoms with van der Waals surface area (Å²) >= 11 is 0. The second-order valence-electron chi connectivity index (χ2n) is 7.59. The molecule has 0 bridgehead atoms. The SMILES string of the molecule is Cc1cccc(CN(CCC(=O)O)Cc2cccc(Cc3ccc(F)c(F)c3)c2)c1. The zero-order chi connectivity index (χ0) is 21.5. The molecule has 0 radical (unpaired) electrons. The lowest BCUT2D eigenvalue weighted by atomic mass is 10.0. The highest BCUT2D eigenvalue weighted by molar-refractivity contribution is 5.66. The predicted octanol–water partition coefficient (Wildman–Crippen LogP) is 5.34. The number of carboxylic acids is 1. The molecular formula is C25H25F2NO2. The molecule has 3 aromatic rings. The van der Waals surface area contributed by atoms with Gasteiger partial charge >= 0.3 is 5.97 Å². The van der Waals surface area contributed by atoms with E-state index in [0.29, 0.717) is 31.6 Å². The summed E-state index contributed by atoms with van der Waals surface area (Å²) in [5.41, 5.74) is 5.05. The van der Waals surface area contributed by atoms with Crippen molar-refractivity contribution in [2.24, 2.45) is 0 Å². The number of aliphatic carboxylic acids is 1. The number of nitrogens with zero attached hydrogens (tertiary/aromatic N) is 1. The molecule has 0 aliphatic heterocycles. The fraction of sp³-hybridized carbons (Fsp3) is 0.240. The first kappa shape index (κ1) is 21.7. The van der Waals surface area contributed by atoms with Crippen molar-refractivity contribution in [3.63, 3.8) is 0 Å². The molecule has 5 heteroatoms. The zero-order valence-electron chi connectivity index (χ0n) is 16.9. The van der Waals surface area contributed by atoms with Crippen LogP contribution in [0.4, 0.5) is 8.78 Å². The number of benzene rings is 3. The number of carbonyl (C=O) groups is 1. The summed E-state index contributed by atoms with van der Waals surface area (Å²) in [4.78, 5) is 13.2. The molecule has 3 nitrogen and oxygen atoms in total. The molecule has 0 atom stereocenters. The van der Waals surface area contributed by atoms with Gasteiger partial charge in [-0.05, 0) is 47.7 Å². The van der Waals surface area contributed by atoms with Gasteiger partial charge in [-0.15, -0.1) is 0 Å². The summed E-state index contributed by atoms with van der Waals surface area (Å²) in [6, 6.07) is 20.1. The number of carboxylic acid groups (broad SMARTS) is 1. The fourth-order valence-electron chi connectivity index (χ4n) is 3.52. The highest BCUT2D eigenvalue weighted by Crippen LogP contribution is 2.17. The summed E-state index contributed by atoms with van der Waals surface area (Å²) in [6.07, 6.45) is 0.568. The molecule has 3 aromatic carbocycles. The fourth-order valence-corrected chi connectivity index (χ4v) is 3.52. The first-order chi connectivity index (χ1) is 14.4. The van der Waals surface area contributed by atoms with Crippen LogP contribution >= 0.6 is 0 Å². The van der Waals surface area contributed by atoms with E-state index in [1.807, 2.05) is 49.4 Å². The maximum atomic E-state index is 13.5. The van der Waals surface area contributed by atoms with E-state index in [9.17, 15) is 13.6 Å². The monoisotopic (exact) mass is 409 g/mol. The highest BCUT2D eigenvalue weighted by atomic mass is 19.2. The Kier molecular flexibility index (Phi) is 7.31. The van der Waals surface area contributed by atoms with Gasteiger partial charge in [-0.25, -0.2) is 8.78 Å². The molecule has 1 N–H and O–H groups in total. The average Bonchev–Trinajstić information content (AvgIpc) is 2.69. The minimum Gasteiger partial charge on any atom is -0.481 e. The molecule has 0 fully saturated rings. The topological polar surface area (TPSA) is 40.5 Å². The van der Waals surface area contributed by atoms with E-state index in [1.54, 1.807) is 6.07 Å². The van der Waals surface area contributed by atoms with Gasteiger partial charge < -0.3 is 5.11 Å². The van der Waals surface area contributed by atoms with E-state index in [2.05, 4.69) is 11.0 Å². The molecule has 0 heterocycles. The highest BCUT2D eigenvalue weighted by Gasteiger charge is 2.11. The molecule has 0 amide bonds. The Morgan fingerprint density at radius 2 is 1.47 bits per heavy atom.